The van der Waals surface area contributed by atoms with Crippen LogP contribution < -0.4 is 24.0 Å². The van der Waals surface area contributed by atoms with Crippen molar-refractivity contribution in [2.45, 2.75) is 130 Å². The van der Waals surface area contributed by atoms with Gasteiger partial charge in [-0.2, -0.15) is 0 Å². The molecule has 0 rings (SSSR count). The summed E-state index contributed by atoms with van der Waals surface area (Å²) in [7, 11) is 0. The van der Waals surface area contributed by atoms with Crippen molar-refractivity contribution in [1.82, 2.24) is 0 Å². The molecular weight excluding hydrogens is 429 g/mol. The molecule has 2 heteroatoms. The van der Waals surface area contributed by atoms with E-state index in [-0.39, 0.29) is 24.0 Å². The van der Waals surface area contributed by atoms with Gasteiger partial charge in [-0.25, -0.2) is 0 Å². The van der Waals surface area contributed by atoms with Crippen LogP contribution in [0.1, 0.15) is 130 Å². The van der Waals surface area contributed by atoms with Crippen LogP contribution in [0.2, 0.25) is 0 Å². The number of unbranched alkanes of at least 4 members (excludes halogenated alkanes) is 12. The zero-order valence-electron chi connectivity index (χ0n) is 19.0. The Morgan fingerprint density at radius 1 is 0.346 bits per heavy atom. The molecule has 0 atom stereocenters. The zero-order valence-corrected chi connectivity index (χ0v) is 21.6. The first-order valence-electron chi connectivity index (χ1n) is 12.1. The van der Waals surface area contributed by atoms with E-state index in [1.165, 1.54) is 133 Å². The molecule has 0 aromatic heterocycles. The number of rotatable bonds is 20. The van der Waals surface area contributed by atoms with E-state index in [0.717, 1.165) is 0 Å². The third-order valence-electron chi connectivity index (χ3n) is 5.94. The van der Waals surface area contributed by atoms with E-state index in [0.29, 0.717) is 0 Å². The predicted octanol–water partition coefficient (Wildman–Crippen LogP) is 4.59. The quantitative estimate of drug-likeness (QED) is 0.135. The third kappa shape index (κ3) is 16.8. The van der Waals surface area contributed by atoms with Crippen molar-refractivity contribution >= 4 is 0 Å². The Morgan fingerprint density at radius 3 is 0.769 bits per heavy atom. The van der Waals surface area contributed by atoms with E-state index in [9.17, 15) is 0 Å². The van der Waals surface area contributed by atoms with E-state index in [1.807, 2.05) is 0 Å². The largest absolute Gasteiger partial charge is 0.324 e. The molecule has 0 aliphatic heterocycles. The molecule has 0 radical (unpaired) electrons. The number of hydrogen-bond acceptors (Lipinski definition) is 0. The van der Waals surface area contributed by atoms with Crippen molar-refractivity contribution in [3.63, 3.8) is 0 Å². The van der Waals surface area contributed by atoms with E-state index < -0.39 is 0 Å². The lowest BCUT2D eigenvalue weighted by Gasteiger charge is -2.39. The highest BCUT2D eigenvalue weighted by Gasteiger charge is 2.25. The molecule has 0 unspecified atom stereocenters. The van der Waals surface area contributed by atoms with Gasteiger partial charge >= 0.3 is 0 Å². The van der Waals surface area contributed by atoms with Gasteiger partial charge in [-0.05, 0) is 51.4 Å². The van der Waals surface area contributed by atoms with Gasteiger partial charge in [0.25, 0.3) is 0 Å². The van der Waals surface area contributed by atoms with Crippen LogP contribution in [0.5, 0.6) is 0 Å². The molecular formula is C24H54IN+2. The van der Waals surface area contributed by atoms with Crippen molar-refractivity contribution in [2.24, 2.45) is 0 Å². The molecule has 0 aromatic rings. The van der Waals surface area contributed by atoms with E-state index in [2.05, 4.69) is 27.7 Å². The van der Waals surface area contributed by atoms with E-state index in [4.69, 9.17) is 0 Å². The fourth-order valence-electron chi connectivity index (χ4n) is 4.17. The summed E-state index contributed by atoms with van der Waals surface area (Å²) in [5, 5.41) is 0. The highest BCUT2D eigenvalue weighted by atomic mass is 127. The Balaban J connectivity index is 0. The van der Waals surface area contributed by atoms with Gasteiger partial charge in [0, 0.05) is 0 Å². The monoisotopic (exact) mass is 483 g/mol. The second kappa shape index (κ2) is 22.0. The molecule has 26 heavy (non-hydrogen) atoms. The molecule has 0 amide bonds. The molecule has 1 nitrogen and oxygen atoms in total. The molecule has 0 saturated carbocycles. The molecule has 0 aliphatic carbocycles. The maximum absolute atomic E-state index is 2.34. The van der Waals surface area contributed by atoms with Gasteiger partial charge in [0.2, 0.25) is 24.0 Å². The van der Waals surface area contributed by atoms with Crippen molar-refractivity contribution in [1.29, 1.82) is 0 Å². The minimum Gasteiger partial charge on any atom is -0.324 e. The van der Waals surface area contributed by atoms with Gasteiger partial charge < -0.3 is 4.48 Å². The van der Waals surface area contributed by atoms with Gasteiger partial charge in [0.1, 0.15) is 0 Å². The minimum atomic E-state index is 0. The summed E-state index contributed by atoms with van der Waals surface area (Å²) >= 11 is 0. The molecule has 0 fully saturated rings. The first kappa shape index (κ1) is 28.9. The average Bonchev–Trinajstić information content (AvgIpc) is 2.63. The summed E-state index contributed by atoms with van der Waals surface area (Å²) in [6.45, 7) is 15.2. The van der Waals surface area contributed by atoms with Crippen LogP contribution in [0, 0.1) is 0 Å². The van der Waals surface area contributed by atoms with Crippen molar-refractivity contribution in [3.05, 3.63) is 0 Å². The van der Waals surface area contributed by atoms with Crippen LogP contribution in [0.25, 0.3) is 0 Å². The third-order valence-corrected chi connectivity index (χ3v) is 5.94. The molecule has 0 saturated heterocycles. The zero-order chi connectivity index (χ0) is 18.6. The van der Waals surface area contributed by atoms with Gasteiger partial charge in [-0.15, -0.1) is 0 Å². The Labute approximate surface area is 184 Å². The standard InChI is InChI=1S/C24H52N.H2I/c1-5-9-13-17-21-25(22-18-14-10-6-2,23-19-15-11-7-3)24-20-16-12-8-4;/h5-24H2,1-4H3;1H2/q2*+1. The minimum absolute atomic E-state index is 0. The SMILES string of the molecule is CCCCCC[N+](CCCCCC)(CCCCCC)CCCCCC.[IH2+]. The van der Waals surface area contributed by atoms with Crippen molar-refractivity contribution in [2.75, 3.05) is 26.2 Å². The Morgan fingerprint density at radius 2 is 0.577 bits per heavy atom. The molecule has 0 N–H and O–H groups in total. The van der Waals surface area contributed by atoms with E-state index in [1.54, 1.807) is 0 Å². The summed E-state index contributed by atoms with van der Waals surface area (Å²) in [6.07, 6.45) is 22.8. The van der Waals surface area contributed by atoms with Gasteiger partial charge in [-0.3, -0.25) is 0 Å². The lowest BCUT2D eigenvalue weighted by atomic mass is 10.1. The van der Waals surface area contributed by atoms with Gasteiger partial charge in [0.05, 0.1) is 26.2 Å². The second-order valence-corrected chi connectivity index (χ2v) is 8.48. The van der Waals surface area contributed by atoms with Crippen LogP contribution in [0.3, 0.4) is 0 Å². The second-order valence-electron chi connectivity index (χ2n) is 8.48. The summed E-state index contributed by atoms with van der Waals surface area (Å²) in [4.78, 5) is 0. The number of quaternary nitrogens is 1. The smallest absolute Gasteiger partial charge is 0.235 e. The van der Waals surface area contributed by atoms with Crippen molar-refractivity contribution < 1.29 is 28.5 Å². The Hall–Kier alpha value is 0.690. The van der Waals surface area contributed by atoms with Gasteiger partial charge in [-0.1, -0.05) is 79.1 Å². The highest BCUT2D eigenvalue weighted by molar-refractivity contribution is 4.53. The van der Waals surface area contributed by atoms with Crippen LogP contribution in [0.4, 0.5) is 0 Å². The Bertz CT molecular complexity index is 201. The Kier molecular flexibility index (Phi) is 24.4. The fraction of sp³-hybridized carbons (Fsp3) is 1.00. The molecule has 0 aromatic carbocycles. The summed E-state index contributed by atoms with van der Waals surface area (Å²) in [6, 6.07) is 0. The average molecular weight is 484 g/mol. The van der Waals surface area contributed by atoms with Gasteiger partial charge in [0.15, 0.2) is 0 Å². The van der Waals surface area contributed by atoms with E-state index >= 15 is 0 Å². The number of nitrogens with zero attached hydrogens (tertiary/aromatic N) is 1. The molecule has 0 bridgehead atoms. The van der Waals surface area contributed by atoms with Crippen LogP contribution >= 0.6 is 0 Å². The maximum atomic E-state index is 2.34. The highest BCUT2D eigenvalue weighted by Crippen LogP contribution is 2.19. The topological polar surface area (TPSA) is 0 Å². The number of halogens is 1. The first-order chi connectivity index (χ1) is 12.2. The molecule has 0 heterocycles. The lowest BCUT2D eigenvalue weighted by Crippen LogP contribution is -3.00. The predicted molar refractivity (Wildman–Crippen MR) is 119 cm³/mol. The van der Waals surface area contributed by atoms with Crippen LogP contribution in [-0.4, -0.2) is 30.7 Å². The van der Waals surface area contributed by atoms with Crippen molar-refractivity contribution in [3.8, 4) is 0 Å². The molecule has 0 spiro atoms. The molecule has 0 aliphatic rings. The maximum Gasteiger partial charge on any atom is 0.235 e. The fourth-order valence-corrected chi connectivity index (χ4v) is 4.17. The van der Waals surface area contributed by atoms with Crippen LogP contribution in [-0.2, 0) is 0 Å². The number of hydrogen-bond donors (Lipinski definition) is 0. The van der Waals surface area contributed by atoms with Crippen LogP contribution in [0.15, 0.2) is 0 Å². The summed E-state index contributed by atoms with van der Waals surface area (Å²) in [5.41, 5.74) is 0. The lowest BCUT2D eigenvalue weighted by molar-refractivity contribution is -0.929. The summed E-state index contributed by atoms with van der Waals surface area (Å²) in [5.74, 6) is 0. The normalized spacial score (nSPS) is 11.5. The molecule has 160 valence electrons. The first-order valence-corrected chi connectivity index (χ1v) is 12.1. The summed E-state index contributed by atoms with van der Waals surface area (Å²) < 4.78 is 1.46.